The van der Waals surface area contributed by atoms with Crippen LogP contribution in [-0.2, 0) is 6.54 Å². The molecule has 1 fully saturated rings. The second-order valence-corrected chi connectivity index (χ2v) is 7.75. The minimum atomic E-state index is -0.540. The van der Waals surface area contributed by atoms with Gasteiger partial charge in [-0.15, -0.1) is 0 Å². The van der Waals surface area contributed by atoms with E-state index >= 15 is 0 Å². The average molecular weight is 430 g/mol. The highest BCUT2D eigenvalue weighted by atomic mass is 16.5. The summed E-state index contributed by atoms with van der Waals surface area (Å²) < 4.78 is 11.4. The van der Waals surface area contributed by atoms with Crippen LogP contribution in [0.25, 0.3) is 0 Å². The molecule has 1 aliphatic heterocycles. The summed E-state index contributed by atoms with van der Waals surface area (Å²) in [6.07, 6.45) is 3.03. The maximum Gasteiger partial charge on any atom is 0.225 e. The standard InChI is InChI=1S/C23H35N5O3/c1-4-26(5-2)17-20(29)18-31-22-15-19(7-8-21(22)30-3)16-27-11-13-28(14-12-27)23-24-9-6-10-25-23/h6-10,15,20,29H,4-5,11-14,16-18H2,1-3H3/t20-/m1/s1. The Hall–Kier alpha value is -2.42. The van der Waals surface area contributed by atoms with Crippen LogP contribution in [0.15, 0.2) is 36.7 Å². The molecule has 0 aliphatic carbocycles. The molecule has 0 spiro atoms. The number of aromatic nitrogens is 2. The van der Waals surface area contributed by atoms with Crippen molar-refractivity contribution < 1.29 is 14.6 Å². The Morgan fingerprint density at radius 3 is 2.42 bits per heavy atom. The summed E-state index contributed by atoms with van der Waals surface area (Å²) in [4.78, 5) is 15.5. The summed E-state index contributed by atoms with van der Waals surface area (Å²) in [5.41, 5.74) is 1.17. The van der Waals surface area contributed by atoms with Crippen molar-refractivity contribution in [1.82, 2.24) is 19.8 Å². The molecule has 1 atom stereocenters. The Kier molecular flexibility index (Phi) is 8.87. The van der Waals surface area contributed by atoms with Gasteiger partial charge in [-0.25, -0.2) is 9.97 Å². The van der Waals surface area contributed by atoms with E-state index in [0.717, 1.165) is 51.8 Å². The molecule has 1 N–H and O–H groups in total. The minimum absolute atomic E-state index is 0.242. The van der Waals surface area contributed by atoms with Crippen LogP contribution in [0.2, 0.25) is 0 Å². The molecular weight excluding hydrogens is 394 g/mol. The highest BCUT2D eigenvalue weighted by Gasteiger charge is 2.19. The summed E-state index contributed by atoms with van der Waals surface area (Å²) in [5, 5.41) is 10.3. The minimum Gasteiger partial charge on any atom is -0.493 e. The van der Waals surface area contributed by atoms with E-state index in [1.165, 1.54) is 5.56 Å². The molecule has 2 aromatic rings. The van der Waals surface area contributed by atoms with Gasteiger partial charge < -0.3 is 24.4 Å². The number of methoxy groups -OCH3 is 1. The Labute approximate surface area is 185 Å². The highest BCUT2D eigenvalue weighted by molar-refractivity contribution is 5.43. The van der Waals surface area contributed by atoms with Gasteiger partial charge in [0, 0.05) is 51.7 Å². The first kappa shape index (κ1) is 23.2. The van der Waals surface area contributed by atoms with Crippen LogP contribution in [0.3, 0.4) is 0 Å². The van der Waals surface area contributed by atoms with E-state index in [9.17, 15) is 5.11 Å². The number of aliphatic hydroxyl groups is 1. The third-order valence-electron chi connectivity index (χ3n) is 5.64. The third kappa shape index (κ3) is 6.78. The van der Waals surface area contributed by atoms with E-state index < -0.39 is 6.10 Å². The van der Waals surface area contributed by atoms with Gasteiger partial charge in [0.15, 0.2) is 11.5 Å². The lowest BCUT2D eigenvalue weighted by atomic mass is 10.1. The van der Waals surface area contributed by atoms with E-state index in [2.05, 4.69) is 44.6 Å². The fourth-order valence-corrected chi connectivity index (χ4v) is 3.77. The van der Waals surface area contributed by atoms with Crippen molar-refractivity contribution in [1.29, 1.82) is 0 Å². The van der Waals surface area contributed by atoms with Crippen LogP contribution in [-0.4, -0.2) is 90.5 Å². The van der Waals surface area contributed by atoms with Gasteiger partial charge in [0.05, 0.1) is 7.11 Å². The number of hydrogen-bond donors (Lipinski definition) is 1. The molecule has 3 rings (SSSR count). The fraction of sp³-hybridized carbons (Fsp3) is 0.565. The molecular formula is C23H35N5O3. The van der Waals surface area contributed by atoms with Gasteiger partial charge >= 0.3 is 0 Å². The SMILES string of the molecule is CCN(CC)C[C@@H](O)COc1cc(CN2CCN(c3ncccn3)CC2)ccc1OC. The lowest BCUT2D eigenvalue weighted by Crippen LogP contribution is -2.46. The molecule has 1 aliphatic rings. The number of piperazine rings is 1. The van der Waals surface area contributed by atoms with Crippen LogP contribution in [0, 0.1) is 0 Å². The zero-order valence-electron chi connectivity index (χ0n) is 18.9. The maximum atomic E-state index is 10.3. The first-order chi connectivity index (χ1) is 15.1. The summed E-state index contributed by atoms with van der Waals surface area (Å²) in [7, 11) is 1.64. The number of hydrogen-bond acceptors (Lipinski definition) is 8. The maximum absolute atomic E-state index is 10.3. The second kappa shape index (κ2) is 11.8. The topological polar surface area (TPSA) is 74.2 Å². The molecule has 0 amide bonds. The zero-order chi connectivity index (χ0) is 22.1. The monoisotopic (exact) mass is 429 g/mol. The van der Waals surface area contributed by atoms with Crippen LogP contribution < -0.4 is 14.4 Å². The first-order valence-electron chi connectivity index (χ1n) is 11.1. The van der Waals surface area contributed by atoms with Gasteiger partial charge in [-0.3, -0.25) is 4.90 Å². The molecule has 1 saturated heterocycles. The van der Waals surface area contributed by atoms with Gasteiger partial charge in [-0.05, 0) is 36.9 Å². The number of nitrogens with zero attached hydrogens (tertiary/aromatic N) is 5. The number of anilines is 1. The number of ether oxygens (including phenoxy) is 2. The molecule has 0 radical (unpaired) electrons. The van der Waals surface area contributed by atoms with Crippen LogP contribution in [0.1, 0.15) is 19.4 Å². The van der Waals surface area contributed by atoms with E-state index in [1.54, 1.807) is 19.5 Å². The van der Waals surface area contributed by atoms with Gasteiger partial charge in [0.2, 0.25) is 5.95 Å². The molecule has 1 aromatic carbocycles. The summed E-state index contributed by atoms with van der Waals surface area (Å²) in [5.74, 6) is 2.16. The van der Waals surface area contributed by atoms with Crippen LogP contribution in [0.4, 0.5) is 5.95 Å². The molecule has 2 heterocycles. The van der Waals surface area contributed by atoms with Gasteiger partial charge in [-0.1, -0.05) is 19.9 Å². The Morgan fingerprint density at radius 2 is 1.77 bits per heavy atom. The molecule has 31 heavy (non-hydrogen) atoms. The van der Waals surface area contributed by atoms with Crippen LogP contribution in [0.5, 0.6) is 11.5 Å². The summed E-state index contributed by atoms with van der Waals surface area (Å²) >= 11 is 0. The lowest BCUT2D eigenvalue weighted by Gasteiger charge is -2.34. The van der Waals surface area contributed by atoms with Crippen molar-refractivity contribution in [3.63, 3.8) is 0 Å². The number of aliphatic hydroxyl groups excluding tert-OH is 1. The van der Waals surface area contributed by atoms with E-state index in [1.807, 2.05) is 18.2 Å². The lowest BCUT2D eigenvalue weighted by molar-refractivity contribution is 0.0705. The molecule has 8 heteroatoms. The van der Waals surface area contributed by atoms with Crippen molar-refractivity contribution in [2.75, 3.05) is 64.4 Å². The van der Waals surface area contributed by atoms with Crippen molar-refractivity contribution >= 4 is 5.95 Å². The van der Waals surface area contributed by atoms with Gasteiger partial charge in [-0.2, -0.15) is 0 Å². The normalized spacial score (nSPS) is 15.8. The van der Waals surface area contributed by atoms with Gasteiger partial charge in [0.25, 0.3) is 0 Å². The molecule has 0 unspecified atom stereocenters. The fourth-order valence-electron chi connectivity index (χ4n) is 3.77. The first-order valence-corrected chi connectivity index (χ1v) is 11.1. The quantitative estimate of drug-likeness (QED) is 0.581. The Morgan fingerprint density at radius 1 is 1.06 bits per heavy atom. The molecule has 0 saturated carbocycles. The predicted molar refractivity (Wildman–Crippen MR) is 122 cm³/mol. The number of rotatable bonds is 11. The predicted octanol–water partition coefficient (Wildman–Crippen LogP) is 1.89. The third-order valence-corrected chi connectivity index (χ3v) is 5.64. The van der Waals surface area contributed by atoms with E-state index in [4.69, 9.17) is 9.47 Å². The smallest absolute Gasteiger partial charge is 0.225 e. The van der Waals surface area contributed by atoms with Crippen molar-refractivity contribution in [3.8, 4) is 11.5 Å². The van der Waals surface area contributed by atoms with Gasteiger partial charge in [0.1, 0.15) is 12.7 Å². The Balaban J connectivity index is 1.54. The largest absolute Gasteiger partial charge is 0.493 e. The van der Waals surface area contributed by atoms with E-state index in [0.29, 0.717) is 18.0 Å². The van der Waals surface area contributed by atoms with Crippen LogP contribution >= 0.6 is 0 Å². The number of benzene rings is 1. The molecule has 8 nitrogen and oxygen atoms in total. The molecule has 1 aromatic heterocycles. The average Bonchev–Trinajstić information content (AvgIpc) is 2.82. The summed E-state index contributed by atoms with van der Waals surface area (Å²) in [6.45, 7) is 11.4. The molecule has 170 valence electrons. The zero-order valence-corrected chi connectivity index (χ0v) is 18.9. The Bertz CT molecular complexity index is 780. The van der Waals surface area contributed by atoms with Crippen molar-refractivity contribution in [2.24, 2.45) is 0 Å². The number of likely N-dealkylation sites (N-methyl/N-ethyl adjacent to an activating group) is 1. The highest BCUT2D eigenvalue weighted by Crippen LogP contribution is 2.29. The van der Waals surface area contributed by atoms with Crippen molar-refractivity contribution in [3.05, 3.63) is 42.2 Å². The van der Waals surface area contributed by atoms with E-state index in [-0.39, 0.29) is 6.61 Å². The molecule has 0 bridgehead atoms. The second-order valence-electron chi connectivity index (χ2n) is 7.75. The van der Waals surface area contributed by atoms with Crippen molar-refractivity contribution in [2.45, 2.75) is 26.5 Å². The summed E-state index contributed by atoms with van der Waals surface area (Å²) in [6, 6.07) is 7.88.